The Kier molecular flexibility index (Phi) is 7.76. The molecule has 0 saturated heterocycles. The summed E-state index contributed by atoms with van der Waals surface area (Å²) >= 11 is 0. The number of anilines is 2. The molecule has 4 unspecified atom stereocenters. The first-order chi connectivity index (χ1) is 27.8. The zero-order valence-corrected chi connectivity index (χ0v) is 30.8. The average Bonchev–Trinajstić information content (AvgIpc) is 3.80. The van der Waals surface area contributed by atoms with Gasteiger partial charge in [0.25, 0.3) is 0 Å². The van der Waals surface area contributed by atoms with Crippen LogP contribution in [0.2, 0.25) is 0 Å². The van der Waals surface area contributed by atoms with Crippen molar-refractivity contribution in [3.63, 3.8) is 0 Å². The molecule has 7 aromatic rings. The second-order valence-corrected chi connectivity index (χ2v) is 14.9. The monoisotopic (exact) mass is 721 g/mol. The number of pyridine rings is 1. The lowest BCUT2D eigenvalue weighted by molar-refractivity contribution is 0.616. The Morgan fingerprint density at radius 1 is 0.696 bits per heavy atom. The Bertz CT molecular complexity index is 2820. The lowest BCUT2D eigenvalue weighted by atomic mass is 9.89. The highest BCUT2D eigenvalue weighted by molar-refractivity contribution is 6.15. The highest BCUT2D eigenvalue weighted by Crippen LogP contribution is 2.49. The van der Waals surface area contributed by atoms with Crippen LogP contribution in [-0.4, -0.2) is 21.3 Å². The molecule has 0 saturated carbocycles. The molecular weight excluding hydrogens is 683 g/mol. The van der Waals surface area contributed by atoms with Crippen molar-refractivity contribution in [2.75, 3.05) is 4.90 Å². The predicted molar refractivity (Wildman–Crippen MR) is 230 cm³/mol. The SMILES string of the molecule is C1=CC2c3cc(-c4cccc5c4c4ccncc4n5C4C=CC(C5=CC(c6ccccc6)=NC(c6ccccc6)N5)=CC4)ccc3N(c3ccccc3)C2C=C1. The Labute approximate surface area is 326 Å². The summed E-state index contributed by atoms with van der Waals surface area (Å²) in [5, 5.41) is 6.24. The first kappa shape index (κ1) is 32.5. The molecule has 4 heterocycles. The van der Waals surface area contributed by atoms with Crippen LogP contribution in [0.3, 0.4) is 0 Å². The van der Waals surface area contributed by atoms with E-state index in [4.69, 9.17) is 4.99 Å². The molecule has 2 aliphatic heterocycles. The minimum Gasteiger partial charge on any atom is -0.360 e. The van der Waals surface area contributed by atoms with E-state index in [0.29, 0.717) is 5.92 Å². The van der Waals surface area contributed by atoms with Crippen molar-refractivity contribution >= 4 is 38.9 Å². The van der Waals surface area contributed by atoms with Crippen LogP contribution in [0.4, 0.5) is 11.4 Å². The van der Waals surface area contributed by atoms with Crippen LogP contribution in [-0.2, 0) is 0 Å². The number of hydrogen-bond donors (Lipinski definition) is 1. The van der Waals surface area contributed by atoms with Gasteiger partial charge in [0.2, 0.25) is 0 Å². The Hall–Kier alpha value is -6.98. The fourth-order valence-corrected chi connectivity index (χ4v) is 9.20. The van der Waals surface area contributed by atoms with E-state index in [1.807, 2.05) is 12.4 Å². The molecular formula is C51H39N5. The fourth-order valence-electron chi connectivity index (χ4n) is 9.20. The number of aliphatic imine (C=N–C) groups is 1. The standard InChI is InChI=1S/C51H39N5/c1-4-13-34(14-5-1)44-32-45(54-51(53-44)36-15-6-2-7-16-36)35-23-26-39(27-24-35)56-48-22-12-20-40(50(48)42-29-30-52-33-49(42)56)37-25-28-47-43(31-37)41-19-10-11-21-46(41)55(47)38-17-8-3-9-18-38/h1-26,28-33,39,41,46,51,54H,27H2. The van der Waals surface area contributed by atoms with Crippen LogP contribution in [0.5, 0.6) is 0 Å². The van der Waals surface area contributed by atoms with E-state index in [9.17, 15) is 0 Å². The van der Waals surface area contributed by atoms with Crippen LogP contribution in [0.1, 0.15) is 41.2 Å². The quantitative estimate of drug-likeness (QED) is 0.186. The zero-order valence-electron chi connectivity index (χ0n) is 30.8. The number of fused-ring (bicyclic) bond motifs is 6. The zero-order chi connectivity index (χ0) is 37.0. The van der Waals surface area contributed by atoms with Crippen molar-refractivity contribution in [1.82, 2.24) is 14.9 Å². The average molecular weight is 722 g/mol. The first-order valence-electron chi connectivity index (χ1n) is 19.5. The molecule has 5 heteroatoms. The second kappa shape index (κ2) is 13.4. The summed E-state index contributed by atoms with van der Waals surface area (Å²) in [4.78, 5) is 12.3. The highest BCUT2D eigenvalue weighted by Gasteiger charge is 2.37. The third kappa shape index (κ3) is 5.38. The largest absolute Gasteiger partial charge is 0.360 e. The number of rotatable bonds is 6. The summed E-state index contributed by atoms with van der Waals surface area (Å²) < 4.78 is 2.49. The molecule has 5 nitrogen and oxygen atoms in total. The van der Waals surface area contributed by atoms with Crippen molar-refractivity contribution in [1.29, 1.82) is 0 Å². The van der Waals surface area contributed by atoms with Gasteiger partial charge in [-0.05, 0) is 82.3 Å². The Morgan fingerprint density at radius 2 is 1.50 bits per heavy atom. The van der Waals surface area contributed by atoms with Crippen LogP contribution in [0.25, 0.3) is 32.9 Å². The molecule has 4 aliphatic rings. The van der Waals surface area contributed by atoms with Crippen LogP contribution in [0.15, 0.2) is 211 Å². The Morgan fingerprint density at radius 3 is 2.32 bits per heavy atom. The van der Waals surface area contributed by atoms with Gasteiger partial charge in [-0.2, -0.15) is 0 Å². The maximum absolute atomic E-state index is 5.14. The van der Waals surface area contributed by atoms with E-state index in [1.165, 1.54) is 49.9 Å². The molecule has 5 aromatic carbocycles. The predicted octanol–water partition coefficient (Wildman–Crippen LogP) is 11.7. The summed E-state index contributed by atoms with van der Waals surface area (Å²) in [7, 11) is 0. The third-order valence-electron chi connectivity index (χ3n) is 11.8. The van der Waals surface area contributed by atoms with E-state index >= 15 is 0 Å². The molecule has 4 atom stereocenters. The number of allylic oxidation sites excluding steroid dienone is 6. The maximum atomic E-state index is 5.14. The van der Waals surface area contributed by atoms with Gasteiger partial charge in [-0.1, -0.05) is 140 Å². The number of aromatic nitrogens is 2. The Balaban J connectivity index is 0.962. The summed E-state index contributed by atoms with van der Waals surface area (Å²) in [5.74, 6) is 0.292. The first-order valence-corrected chi connectivity index (χ1v) is 19.5. The molecule has 0 spiro atoms. The second-order valence-electron chi connectivity index (χ2n) is 14.9. The van der Waals surface area contributed by atoms with Gasteiger partial charge in [-0.25, -0.2) is 0 Å². The van der Waals surface area contributed by atoms with E-state index in [1.54, 1.807) is 0 Å². The molecule has 268 valence electrons. The molecule has 0 radical (unpaired) electrons. The van der Waals surface area contributed by atoms with Crippen molar-refractivity contribution in [3.05, 3.63) is 222 Å². The molecule has 0 bridgehead atoms. The van der Waals surface area contributed by atoms with Gasteiger partial charge in [0.15, 0.2) is 0 Å². The van der Waals surface area contributed by atoms with E-state index in [2.05, 4.69) is 202 Å². The van der Waals surface area contributed by atoms with Crippen LogP contribution in [0, 0.1) is 0 Å². The van der Waals surface area contributed by atoms with Gasteiger partial charge in [0.1, 0.15) is 6.17 Å². The van der Waals surface area contributed by atoms with Crippen molar-refractivity contribution in [2.24, 2.45) is 4.99 Å². The maximum Gasteiger partial charge on any atom is 0.145 e. The topological polar surface area (TPSA) is 45.5 Å². The van der Waals surface area contributed by atoms with Crippen molar-refractivity contribution in [3.8, 4) is 11.1 Å². The summed E-state index contributed by atoms with van der Waals surface area (Å²) in [6, 6.07) is 48.2. The highest BCUT2D eigenvalue weighted by atomic mass is 15.2. The minimum atomic E-state index is -0.169. The lowest BCUT2D eigenvalue weighted by Crippen LogP contribution is -2.28. The number of benzene rings is 5. The summed E-state index contributed by atoms with van der Waals surface area (Å²) in [6.45, 7) is 0. The molecule has 2 aliphatic carbocycles. The van der Waals surface area contributed by atoms with Crippen molar-refractivity contribution in [2.45, 2.75) is 30.6 Å². The smallest absolute Gasteiger partial charge is 0.145 e. The van der Waals surface area contributed by atoms with Crippen LogP contribution >= 0.6 is 0 Å². The third-order valence-corrected chi connectivity index (χ3v) is 11.8. The fraction of sp³-hybridized carbons (Fsp3) is 0.0980. The lowest BCUT2D eigenvalue weighted by Gasteiger charge is -2.28. The van der Waals surface area contributed by atoms with Gasteiger partial charge < -0.3 is 14.8 Å². The summed E-state index contributed by atoms with van der Waals surface area (Å²) in [5.41, 5.74) is 14.2. The van der Waals surface area contributed by atoms with E-state index in [0.717, 1.165) is 34.5 Å². The van der Waals surface area contributed by atoms with Crippen LogP contribution < -0.4 is 10.2 Å². The van der Waals surface area contributed by atoms with Crippen molar-refractivity contribution < 1.29 is 0 Å². The van der Waals surface area contributed by atoms with Gasteiger partial charge in [0.05, 0.1) is 35.0 Å². The summed E-state index contributed by atoms with van der Waals surface area (Å²) in [6.07, 6.45) is 22.9. The van der Waals surface area contributed by atoms with E-state index < -0.39 is 0 Å². The number of nitrogens with zero attached hydrogens (tertiary/aromatic N) is 4. The molecule has 56 heavy (non-hydrogen) atoms. The van der Waals surface area contributed by atoms with Gasteiger partial charge in [-0.3, -0.25) is 9.98 Å². The van der Waals surface area contributed by atoms with Gasteiger partial charge >= 0.3 is 0 Å². The molecule has 0 amide bonds. The number of hydrogen-bond acceptors (Lipinski definition) is 4. The molecule has 2 aromatic heterocycles. The van der Waals surface area contributed by atoms with Gasteiger partial charge in [-0.15, -0.1) is 0 Å². The number of nitrogens with one attached hydrogen (secondary N) is 1. The molecule has 1 N–H and O–H groups in total. The minimum absolute atomic E-state index is 0.133. The number of para-hydroxylation sites is 1. The molecule has 11 rings (SSSR count). The molecule has 0 fully saturated rings. The van der Waals surface area contributed by atoms with E-state index in [-0.39, 0.29) is 18.2 Å². The van der Waals surface area contributed by atoms with Gasteiger partial charge in [0, 0.05) is 40.0 Å². The normalized spacial score (nSPS) is 21.0.